The summed E-state index contributed by atoms with van der Waals surface area (Å²) in [6, 6.07) is 9.43. The molecule has 0 aliphatic heterocycles. The van der Waals surface area contributed by atoms with Crippen molar-refractivity contribution in [2.75, 3.05) is 57.6 Å². The second kappa shape index (κ2) is 7.85. The van der Waals surface area contributed by atoms with Crippen LogP contribution in [0.1, 0.15) is 22.3 Å². The summed E-state index contributed by atoms with van der Waals surface area (Å²) in [6.07, 6.45) is 0.952. The van der Waals surface area contributed by atoms with Gasteiger partial charge < -0.3 is 24.7 Å². The number of nitrogens with zero attached hydrogens (tertiary/aromatic N) is 3. The highest BCUT2D eigenvalue weighted by molar-refractivity contribution is 6.28. The van der Waals surface area contributed by atoms with Crippen molar-refractivity contribution in [2.24, 2.45) is 0 Å². The molecule has 3 aromatic rings. The molecule has 29 heavy (non-hydrogen) atoms. The summed E-state index contributed by atoms with van der Waals surface area (Å²) >= 11 is 0. The molecule has 2 aromatic carbocycles. The van der Waals surface area contributed by atoms with E-state index in [1.807, 2.05) is 56.4 Å². The van der Waals surface area contributed by atoms with E-state index in [1.165, 1.54) is 0 Å². The van der Waals surface area contributed by atoms with Gasteiger partial charge in [0.05, 0.1) is 23.2 Å². The Bertz CT molecular complexity index is 1060. The minimum Gasteiger partial charge on any atom is -0.395 e. The molecule has 0 atom stereocenters. The fourth-order valence-electron chi connectivity index (χ4n) is 3.86. The van der Waals surface area contributed by atoms with Crippen LogP contribution in [0.25, 0.3) is 22.2 Å². The Morgan fingerprint density at radius 3 is 2.62 bits per heavy atom. The number of rotatable bonds is 8. The van der Waals surface area contributed by atoms with Gasteiger partial charge in [-0.3, -0.25) is 4.79 Å². The molecule has 7 heteroatoms. The highest BCUT2D eigenvalue weighted by Gasteiger charge is 2.33. The molecule has 0 spiro atoms. The van der Waals surface area contributed by atoms with E-state index >= 15 is 0 Å². The standard InChI is InChI=1S/C22H26N4O3/c1-25(2)10-6-9-23-16-13-17(26(3)11-12-27)20-19-18(16)21(28)14-7-4-5-8-15(14)22(19)29-24-20/h4-5,7-8,13,23,27H,6,9-12H2,1-3H3. The van der Waals surface area contributed by atoms with E-state index in [-0.39, 0.29) is 12.4 Å². The number of likely N-dealkylation sites (N-methyl/N-ethyl adjacent to an activating group) is 1. The molecule has 7 nitrogen and oxygen atoms in total. The van der Waals surface area contributed by atoms with Gasteiger partial charge in [-0.05, 0) is 33.1 Å². The van der Waals surface area contributed by atoms with Crippen molar-refractivity contribution in [2.45, 2.75) is 6.42 Å². The molecular formula is C22H26N4O3. The van der Waals surface area contributed by atoms with Crippen molar-refractivity contribution < 1.29 is 14.4 Å². The van der Waals surface area contributed by atoms with Gasteiger partial charge in [0.15, 0.2) is 11.5 Å². The van der Waals surface area contributed by atoms with Crippen molar-refractivity contribution in [3.8, 4) is 11.3 Å². The van der Waals surface area contributed by atoms with Crippen LogP contribution in [0.4, 0.5) is 11.4 Å². The highest BCUT2D eigenvalue weighted by atomic mass is 16.5. The van der Waals surface area contributed by atoms with Crippen molar-refractivity contribution in [3.05, 3.63) is 41.5 Å². The second-order valence-corrected chi connectivity index (χ2v) is 7.66. The lowest BCUT2D eigenvalue weighted by Crippen LogP contribution is -2.23. The minimum absolute atomic E-state index is 0.0206. The Balaban J connectivity index is 1.86. The third-order valence-electron chi connectivity index (χ3n) is 5.32. The smallest absolute Gasteiger partial charge is 0.196 e. The SMILES string of the molecule is CN(C)CCCNc1cc(N(C)CCO)c2noc3c2c1C(=O)c1ccccc1-3. The number of hydrogen-bond acceptors (Lipinski definition) is 7. The molecule has 2 N–H and O–H groups in total. The van der Waals surface area contributed by atoms with Crippen LogP contribution in [0.5, 0.6) is 0 Å². The molecule has 1 aliphatic rings. The largest absolute Gasteiger partial charge is 0.395 e. The Morgan fingerprint density at radius 2 is 1.90 bits per heavy atom. The van der Waals surface area contributed by atoms with Crippen LogP contribution in [-0.2, 0) is 0 Å². The first-order chi connectivity index (χ1) is 14.0. The van der Waals surface area contributed by atoms with Gasteiger partial charge in [0.25, 0.3) is 0 Å². The molecule has 152 valence electrons. The Morgan fingerprint density at radius 1 is 1.14 bits per heavy atom. The molecule has 0 unspecified atom stereocenters. The van der Waals surface area contributed by atoms with Gasteiger partial charge in [0.1, 0.15) is 5.52 Å². The predicted octanol–water partition coefficient (Wildman–Crippen LogP) is 2.83. The summed E-state index contributed by atoms with van der Waals surface area (Å²) in [5.74, 6) is 0.605. The number of hydrogen-bond donors (Lipinski definition) is 2. The van der Waals surface area contributed by atoms with E-state index in [4.69, 9.17) is 4.52 Å². The molecule has 0 fully saturated rings. The van der Waals surface area contributed by atoms with Crippen molar-refractivity contribution >= 4 is 28.1 Å². The third kappa shape index (κ3) is 3.36. The van der Waals surface area contributed by atoms with Gasteiger partial charge in [-0.1, -0.05) is 29.4 Å². The van der Waals surface area contributed by atoms with Crippen molar-refractivity contribution in [3.63, 3.8) is 0 Å². The Labute approximate surface area is 169 Å². The molecule has 0 amide bonds. The first kappa shape index (κ1) is 19.4. The maximum Gasteiger partial charge on any atom is 0.196 e. The number of anilines is 2. The van der Waals surface area contributed by atoms with Crippen LogP contribution < -0.4 is 10.2 Å². The molecule has 1 heterocycles. The summed E-state index contributed by atoms with van der Waals surface area (Å²) in [4.78, 5) is 17.5. The summed E-state index contributed by atoms with van der Waals surface area (Å²) < 4.78 is 5.73. The lowest BCUT2D eigenvalue weighted by Gasteiger charge is -2.23. The van der Waals surface area contributed by atoms with Crippen LogP contribution in [-0.4, -0.2) is 68.3 Å². The van der Waals surface area contributed by atoms with E-state index in [0.717, 1.165) is 41.8 Å². The van der Waals surface area contributed by atoms with E-state index in [0.29, 0.717) is 28.9 Å². The molecule has 0 radical (unpaired) electrons. The van der Waals surface area contributed by atoms with E-state index in [9.17, 15) is 9.90 Å². The average molecular weight is 394 g/mol. The highest BCUT2D eigenvalue weighted by Crippen LogP contribution is 2.45. The molecule has 0 bridgehead atoms. The summed E-state index contributed by atoms with van der Waals surface area (Å²) in [6.45, 7) is 2.19. The monoisotopic (exact) mass is 394 g/mol. The second-order valence-electron chi connectivity index (χ2n) is 7.66. The molecule has 0 saturated heterocycles. The maximum absolute atomic E-state index is 13.4. The number of ketones is 1. The van der Waals surface area contributed by atoms with Crippen molar-refractivity contribution in [1.82, 2.24) is 10.1 Å². The normalized spacial score (nSPS) is 12.5. The zero-order chi connectivity index (χ0) is 20.5. The zero-order valence-electron chi connectivity index (χ0n) is 17.0. The fourth-order valence-corrected chi connectivity index (χ4v) is 3.86. The van der Waals surface area contributed by atoms with E-state index < -0.39 is 0 Å². The first-order valence-electron chi connectivity index (χ1n) is 9.84. The number of carbonyl (C=O) groups is 1. The molecule has 0 saturated carbocycles. The molecular weight excluding hydrogens is 368 g/mol. The Kier molecular flexibility index (Phi) is 5.25. The van der Waals surface area contributed by atoms with Crippen LogP contribution in [0.15, 0.2) is 34.9 Å². The van der Waals surface area contributed by atoms with Gasteiger partial charge in [-0.25, -0.2) is 0 Å². The number of aliphatic hydroxyl groups is 1. The van der Waals surface area contributed by atoms with Gasteiger partial charge in [-0.15, -0.1) is 0 Å². The van der Waals surface area contributed by atoms with Crippen LogP contribution >= 0.6 is 0 Å². The van der Waals surface area contributed by atoms with Crippen LogP contribution in [0, 0.1) is 0 Å². The summed E-state index contributed by atoms with van der Waals surface area (Å²) in [5.41, 5.74) is 4.27. The minimum atomic E-state index is -0.0206. The van der Waals surface area contributed by atoms with Crippen molar-refractivity contribution in [1.29, 1.82) is 0 Å². The van der Waals surface area contributed by atoms with E-state index in [1.54, 1.807) is 0 Å². The fraction of sp³-hybridized carbons (Fsp3) is 0.364. The lowest BCUT2D eigenvalue weighted by atomic mass is 9.86. The first-order valence-corrected chi connectivity index (χ1v) is 9.84. The predicted molar refractivity (Wildman–Crippen MR) is 115 cm³/mol. The van der Waals surface area contributed by atoms with Gasteiger partial charge in [0.2, 0.25) is 0 Å². The number of carbonyl (C=O) groups excluding carboxylic acids is 1. The number of fused-ring (bicyclic) bond motifs is 2. The summed E-state index contributed by atoms with van der Waals surface area (Å²) in [7, 11) is 5.99. The summed E-state index contributed by atoms with van der Waals surface area (Å²) in [5, 5.41) is 17.9. The van der Waals surface area contributed by atoms with Crippen LogP contribution in [0.2, 0.25) is 0 Å². The quantitative estimate of drug-likeness (QED) is 0.445. The van der Waals surface area contributed by atoms with Crippen LogP contribution in [0.3, 0.4) is 0 Å². The topological polar surface area (TPSA) is 81.8 Å². The third-order valence-corrected chi connectivity index (χ3v) is 5.32. The number of aliphatic hydroxyl groups excluding tert-OH is 1. The molecule has 1 aromatic heterocycles. The number of benzene rings is 2. The molecule has 4 rings (SSSR count). The molecule has 1 aliphatic carbocycles. The number of nitrogens with one attached hydrogen (secondary N) is 1. The zero-order valence-corrected chi connectivity index (χ0v) is 17.0. The van der Waals surface area contributed by atoms with Gasteiger partial charge in [0, 0.05) is 37.0 Å². The average Bonchev–Trinajstić information content (AvgIpc) is 3.14. The van der Waals surface area contributed by atoms with Gasteiger partial charge >= 0.3 is 0 Å². The Hall–Kier alpha value is -2.90. The van der Waals surface area contributed by atoms with Gasteiger partial charge in [-0.2, -0.15) is 0 Å². The van der Waals surface area contributed by atoms with E-state index in [2.05, 4.69) is 15.4 Å². The lowest BCUT2D eigenvalue weighted by molar-refractivity contribution is 0.104. The number of aromatic nitrogens is 1. The maximum atomic E-state index is 13.4.